The van der Waals surface area contributed by atoms with E-state index in [4.69, 9.17) is 5.26 Å². The van der Waals surface area contributed by atoms with Crippen molar-refractivity contribution in [2.24, 2.45) is 0 Å². The molecule has 88 valence electrons. The van der Waals surface area contributed by atoms with Gasteiger partial charge in [-0.1, -0.05) is 51.1 Å². The third-order valence-electron chi connectivity index (χ3n) is 2.77. The maximum Gasteiger partial charge on any atom is 0.138 e. The molecule has 0 amide bonds. The number of halogens is 1. The molecule has 2 heterocycles. The maximum atomic E-state index is 9.00. The van der Waals surface area contributed by atoms with Crippen LogP contribution in [0.25, 0.3) is 17.3 Å². The lowest BCUT2D eigenvalue weighted by Crippen LogP contribution is -2.03. The second-order valence-corrected chi connectivity index (χ2v) is 5.85. The Balaban J connectivity index is 2.21. The van der Waals surface area contributed by atoms with Crippen molar-refractivity contribution in [1.29, 1.82) is 5.26 Å². The molecule has 2 aromatic rings. The Hall–Kier alpha value is -1.74. The van der Waals surface area contributed by atoms with Crippen molar-refractivity contribution >= 4 is 30.9 Å². The van der Waals surface area contributed by atoms with Crippen LogP contribution in [0.15, 0.2) is 34.4 Å². The lowest BCUT2D eigenvalue weighted by atomic mass is 10.1. The Morgan fingerprint density at radius 2 is 2.11 bits per heavy atom. The van der Waals surface area contributed by atoms with Crippen LogP contribution in [0.3, 0.4) is 0 Å². The summed E-state index contributed by atoms with van der Waals surface area (Å²) in [6.45, 7) is 0. The van der Waals surface area contributed by atoms with Crippen molar-refractivity contribution in [2.45, 2.75) is 6.42 Å². The molecule has 1 aromatic carbocycles. The van der Waals surface area contributed by atoms with Crippen LogP contribution >= 0.6 is 20.7 Å². The van der Waals surface area contributed by atoms with Gasteiger partial charge in [-0.2, -0.15) is 5.26 Å². The Labute approximate surface area is 115 Å². The summed E-state index contributed by atoms with van der Waals surface area (Å²) in [5.74, 6) is 0.935. The Bertz CT molecular complexity index is 675. The summed E-state index contributed by atoms with van der Waals surface area (Å²) in [5, 5.41) is 9.00. The molecule has 0 saturated carbocycles. The minimum atomic E-state index is -0.0512. The van der Waals surface area contributed by atoms with Gasteiger partial charge < -0.3 is 0 Å². The molecule has 3 rings (SSSR count). The summed E-state index contributed by atoms with van der Waals surface area (Å²) in [6, 6.07) is 12.3. The highest BCUT2D eigenvalue weighted by Gasteiger charge is 2.16. The molecule has 0 spiro atoms. The molecule has 0 fully saturated rings. The number of rotatable bonds is 2. The van der Waals surface area contributed by atoms with E-state index >= 15 is 0 Å². The van der Waals surface area contributed by atoms with Crippen molar-refractivity contribution in [3.8, 4) is 17.3 Å². The fourth-order valence-electron chi connectivity index (χ4n) is 1.96. The molecule has 18 heavy (non-hydrogen) atoms. The van der Waals surface area contributed by atoms with E-state index in [1.165, 1.54) is 0 Å². The van der Waals surface area contributed by atoms with Gasteiger partial charge in [0.1, 0.15) is 5.82 Å². The molecule has 0 N–H and O–H groups in total. The molecule has 1 aliphatic heterocycles. The summed E-state index contributed by atoms with van der Waals surface area (Å²) in [6.07, 6.45) is 2.45. The van der Waals surface area contributed by atoms with Crippen LogP contribution in [-0.2, 0) is 6.42 Å². The fourth-order valence-corrected chi connectivity index (χ4v) is 3.62. The summed E-state index contributed by atoms with van der Waals surface area (Å²) in [5.41, 5.74) is 3.01. The number of fused-ring (bicyclic) bond motifs is 1. The van der Waals surface area contributed by atoms with E-state index in [-0.39, 0.29) is 20.7 Å². The lowest BCUT2D eigenvalue weighted by Gasteiger charge is -2.04. The van der Waals surface area contributed by atoms with Gasteiger partial charge in [0.2, 0.25) is 0 Å². The van der Waals surface area contributed by atoms with Crippen LogP contribution in [0.2, 0.25) is 0 Å². The Morgan fingerprint density at radius 3 is 2.89 bits per heavy atom. The average Bonchev–Trinajstić information content (AvgIpc) is 2.80. The van der Waals surface area contributed by atoms with Crippen LogP contribution < -0.4 is 0 Å². The zero-order valence-corrected chi connectivity index (χ0v) is 11.7. The van der Waals surface area contributed by atoms with E-state index in [0.29, 0.717) is 6.42 Å². The third-order valence-corrected chi connectivity index (χ3v) is 4.42. The molecule has 0 radical (unpaired) electrons. The Morgan fingerprint density at radius 1 is 1.28 bits per heavy atom. The number of imidazole rings is 1. The molecule has 4 heteroatoms. The van der Waals surface area contributed by atoms with Gasteiger partial charge in [-0.05, 0) is 10.2 Å². The summed E-state index contributed by atoms with van der Waals surface area (Å²) < 4.78 is 6.45. The van der Waals surface area contributed by atoms with E-state index < -0.39 is 0 Å². The highest BCUT2D eigenvalue weighted by Crippen LogP contribution is 2.26. The van der Waals surface area contributed by atoms with Gasteiger partial charge in [-0.25, -0.2) is 4.98 Å². The predicted molar refractivity (Wildman–Crippen MR) is 81.5 cm³/mol. The van der Waals surface area contributed by atoms with Crippen LogP contribution in [0.5, 0.6) is 0 Å². The van der Waals surface area contributed by atoms with Gasteiger partial charge in [0.25, 0.3) is 0 Å². The second-order valence-electron chi connectivity index (χ2n) is 3.85. The zero-order valence-electron chi connectivity index (χ0n) is 9.55. The maximum absolute atomic E-state index is 9.00. The topological polar surface area (TPSA) is 41.6 Å². The summed E-state index contributed by atoms with van der Waals surface area (Å²) in [4.78, 5) is 4.65. The highest BCUT2D eigenvalue weighted by atomic mass is 127. The van der Waals surface area contributed by atoms with Crippen LogP contribution in [0, 0.1) is 11.3 Å². The lowest BCUT2D eigenvalue weighted by molar-refractivity contribution is 1.05. The molecule has 1 aliphatic rings. The molecule has 0 saturated heterocycles. The van der Waals surface area contributed by atoms with Gasteiger partial charge in [0, 0.05) is 9.70 Å². The smallest absolute Gasteiger partial charge is 0.138 e. The Kier molecular flexibility index (Phi) is 3.07. The molecule has 0 bridgehead atoms. The average molecular weight is 347 g/mol. The van der Waals surface area contributed by atoms with E-state index in [1.54, 1.807) is 0 Å². The van der Waals surface area contributed by atoms with E-state index in [2.05, 4.69) is 29.9 Å². The van der Waals surface area contributed by atoms with Crippen molar-refractivity contribution in [3.63, 3.8) is 0 Å². The predicted octanol–water partition coefficient (Wildman–Crippen LogP) is 3.18. The minimum absolute atomic E-state index is 0.0512. The van der Waals surface area contributed by atoms with Crippen molar-refractivity contribution in [1.82, 2.24) is 9.55 Å². The molecule has 1 aromatic heterocycles. The first kappa shape index (κ1) is 11.4. The molecular weight excluding hydrogens is 337 g/mol. The van der Waals surface area contributed by atoms with Gasteiger partial charge in [0.15, 0.2) is 0 Å². The number of hydrogen-bond donors (Lipinski definition) is 0. The monoisotopic (exact) mass is 347 g/mol. The molecule has 0 atom stereocenters. The summed E-state index contributed by atoms with van der Waals surface area (Å²) >= 11 is -0.0512. The zero-order chi connectivity index (χ0) is 12.4. The van der Waals surface area contributed by atoms with Gasteiger partial charge >= 0.3 is 0 Å². The van der Waals surface area contributed by atoms with Gasteiger partial charge in [0.05, 0.1) is 23.9 Å². The van der Waals surface area contributed by atoms with Crippen LogP contribution in [-0.4, -0.2) is 13.7 Å². The molecular formula is C14H10IN3. The number of nitrogens with zero attached hydrogens (tertiary/aromatic N) is 3. The fraction of sp³-hybridized carbons (Fsp3) is 0.0714. The number of benzene rings is 1. The SMILES string of the molecule is N#CCc1c(-c2ccccc2)nc2n1C=IC=C2. The van der Waals surface area contributed by atoms with E-state index in [1.807, 2.05) is 30.3 Å². The molecule has 0 unspecified atom stereocenters. The number of nitriles is 1. The number of aromatic nitrogens is 2. The van der Waals surface area contributed by atoms with Crippen LogP contribution in [0.1, 0.15) is 11.5 Å². The first-order valence-corrected chi connectivity index (χ1v) is 8.04. The highest BCUT2D eigenvalue weighted by molar-refractivity contribution is 14.2. The second kappa shape index (κ2) is 4.86. The first-order valence-electron chi connectivity index (χ1n) is 5.55. The number of hydrogen-bond acceptors (Lipinski definition) is 2. The van der Waals surface area contributed by atoms with Gasteiger partial charge in [-0.15, -0.1) is 0 Å². The van der Waals surface area contributed by atoms with Gasteiger partial charge in [-0.3, -0.25) is 4.57 Å². The van der Waals surface area contributed by atoms with Crippen molar-refractivity contribution in [2.75, 3.05) is 0 Å². The van der Waals surface area contributed by atoms with E-state index in [9.17, 15) is 0 Å². The quantitative estimate of drug-likeness (QED) is 0.783. The van der Waals surface area contributed by atoms with Crippen molar-refractivity contribution < 1.29 is 0 Å². The normalized spacial score (nSPS) is 12.6. The standard InChI is InChI=1S/C14H10IN3/c16-9-7-12-14(11-4-2-1-3-5-11)17-13-6-8-15-10-18(12)13/h1-6,8,10H,7H2. The largest absolute Gasteiger partial charge is 0.297 e. The van der Waals surface area contributed by atoms with Crippen LogP contribution in [0.4, 0.5) is 0 Å². The minimum Gasteiger partial charge on any atom is -0.297 e. The van der Waals surface area contributed by atoms with E-state index in [0.717, 1.165) is 22.8 Å². The molecule has 3 nitrogen and oxygen atoms in total. The first-order chi connectivity index (χ1) is 8.90. The summed E-state index contributed by atoms with van der Waals surface area (Å²) in [7, 11) is 0. The third kappa shape index (κ3) is 1.91. The molecule has 0 aliphatic carbocycles. The van der Waals surface area contributed by atoms with Crippen molar-refractivity contribution in [3.05, 3.63) is 45.9 Å².